The van der Waals surface area contributed by atoms with Crippen LogP contribution in [0, 0.1) is 0 Å². The molecule has 22 heavy (non-hydrogen) atoms. The molecule has 2 N–H and O–H groups in total. The van der Waals surface area contributed by atoms with Crippen molar-refractivity contribution in [1.29, 1.82) is 0 Å². The van der Waals surface area contributed by atoms with Crippen LogP contribution in [0.2, 0.25) is 0 Å². The predicted octanol–water partition coefficient (Wildman–Crippen LogP) is 2.99. The Balaban J connectivity index is 1.46. The molecule has 1 fully saturated rings. The molecule has 2 aromatic heterocycles. The summed E-state index contributed by atoms with van der Waals surface area (Å²) < 4.78 is 0. The first-order chi connectivity index (χ1) is 10.8. The van der Waals surface area contributed by atoms with Crippen LogP contribution in [0.4, 0.5) is 5.82 Å². The number of pyridine rings is 1. The van der Waals surface area contributed by atoms with Gasteiger partial charge in [-0.2, -0.15) is 0 Å². The van der Waals surface area contributed by atoms with Crippen LogP contribution in [-0.4, -0.2) is 28.0 Å². The molecule has 3 heterocycles. The maximum atomic E-state index is 5.98. The fourth-order valence-electron chi connectivity index (χ4n) is 3.61. The molecule has 1 unspecified atom stereocenters. The molecule has 116 valence electrons. The van der Waals surface area contributed by atoms with Crippen molar-refractivity contribution in [3.8, 4) is 0 Å². The first kappa shape index (κ1) is 14.2. The van der Waals surface area contributed by atoms with Gasteiger partial charge in [0.15, 0.2) is 0 Å². The lowest BCUT2D eigenvalue weighted by Gasteiger charge is -2.32. The summed E-state index contributed by atoms with van der Waals surface area (Å²) in [4.78, 5) is 13.2. The molecule has 4 rings (SSSR count). The van der Waals surface area contributed by atoms with Crippen LogP contribution in [0.25, 0.3) is 0 Å². The standard InChI is InChI=1S/C17H22N4S/c18-16-12(4-2-8-19-16)10-21-9-3-5-13(11-21)17-20-14-6-1-7-15(14)22-17/h2,4,8,13H,1,3,5-7,9-11H2,(H2,18,19). The minimum absolute atomic E-state index is 0.599. The predicted molar refractivity (Wildman–Crippen MR) is 90.0 cm³/mol. The lowest BCUT2D eigenvalue weighted by molar-refractivity contribution is 0.200. The van der Waals surface area contributed by atoms with Crippen LogP contribution in [0.1, 0.15) is 46.3 Å². The highest BCUT2D eigenvalue weighted by molar-refractivity contribution is 7.11. The maximum Gasteiger partial charge on any atom is 0.127 e. The molecule has 0 amide bonds. The van der Waals surface area contributed by atoms with Crippen molar-refractivity contribution in [2.45, 2.75) is 44.6 Å². The number of hydrogen-bond acceptors (Lipinski definition) is 5. The number of nitrogens with zero attached hydrogens (tertiary/aromatic N) is 3. The van der Waals surface area contributed by atoms with Crippen LogP contribution in [0.5, 0.6) is 0 Å². The van der Waals surface area contributed by atoms with E-state index in [1.807, 2.05) is 17.4 Å². The number of piperidine rings is 1. The van der Waals surface area contributed by atoms with Crippen molar-refractivity contribution in [3.05, 3.63) is 39.5 Å². The van der Waals surface area contributed by atoms with E-state index in [4.69, 9.17) is 10.7 Å². The molecule has 0 bridgehead atoms. The van der Waals surface area contributed by atoms with E-state index in [0.717, 1.165) is 25.2 Å². The molecule has 0 saturated carbocycles. The second-order valence-electron chi connectivity index (χ2n) is 6.40. The molecule has 0 radical (unpaired) electrons. The number of likely N-dealkylation sites (tertiary alicyclic amines) is 1. The largest absolute Gasteiger partial charge is 0.383 e. The first-order valence-electron chi connectivity index (χ1n) is 8.20. The highest BCUT2D eigenvalue weighted by Crippen LogP contribution is 2.35. The molecule has 4 nitrogen and oxygen atoms in total. The number of nitrogens with two attached hydrogens (primary N) is 1. The molecule has 2 aliphatic rings. The Hall–Kier alpha value is -1.46. The zero-order valence-corrected chi connectivity index (χ0v) is 13.6. The summed E-state index contributed by atoms with van der Waals surface area (Å²) in [7, 11) is 0. The molecule has 1 aliphatic heterocycles. The molecule has 1 aliphatic carbocycles. The van der Waals surface area contributed by atoms with E-state index in [1.54, 1.807) is 11.1 Å². The Morgan fingerprint density at radius 1 is 1.32 bits per heavy atom. The van der Waals surface area contributed by atoms with Crippen molar-refractivity contribution in [1.82, 2.24) is 14.9 Å². The molecular weight excluding hydrogens is 292 g/mol. The lowest BCUT2D eigenvalue weighted by atomic mass is 9.98. The van der Waals surface area contributed by atoms with Gasteiger partial charge in [0.1, 0.15) is 5.82 Å². The van der Waals surface area contributed by atoms with E-state index in [2.05, 4.69) is 16.0 Å². The van der Waals surface area contributed by atoms with E-state index in [0.29, 0.717) is 11.7 Å². The van der Waals surface area contributed by atoms with E-state index in [9.17, 15) is 0 Å². The van der Waals surface area contributed by atoms with Crippen molar-refractivity contribution in [3.63, 3.8) is 0 Å². The third kappa shape index (κ3) is 2.75. The van der Waals surface area contributed by atoms with Crippen molar-refractivity contribution < 1.29 is 0 Å². The minimum Gasteiger partial charge on any atom is -0.383 e. The van der Waals surface area contributed by atoms with Gasteiger partial charge < -0.3 is 5.73 Å². The zero-order chi connectivity index (χ0) is 14.9. The third-order valence-corrected chi connectivity index (χ3v) is 6.11. The molecular formula is C17H22N4S. The highest BCUT2D eigenvalue weighted by atomic mass is 32.1. The number of aryl methyl sites for hydroxylation is 2. The van der Waals surface area contributed by atoms with E-state index in [1.165, 1.54) is 42.8 Å². The topological polar surface area (TPSA) is 55.0 Å². The number of aromatic nitrogens is 2. The van der Waals surface area contributed by atoms with Crippen LogP contribution < -0.4 is 5.73 Å². The Morgan fingerprint density at radius 2 is 2.27 bits per heavy atom. The Morgan fingerprint density at radius 3 is 3.14 bits per heavy atom. The number of hydrogen-bond donors (Lipinski definition) is 1. The molecule has 2 aromatic rings. The van der Waals surface area contributed by atoms with Gasteiger partial charge in [-0.3, -0.25) is 4.90 Å². The maximum absolute atomic E-state index is 5.98. The summed E-state index contributed by atoms with van der Waals surface area (Å²) in [5, 5.41) is 1.37. The molecule has 5 heteroatoms. The molecule has 1 saturated heterocycles. The van der Waals surface area contributed by atoms with Gasteiger partial charge >= 0.3 is 0 Å². The fraction of sp³-hybridized carbons (Fsp3) is 0.529. The summed E-state index contributed by atoms with van der Waals surface area (Å²) in [6.07, 6.45) is 8.01. The smallest absolute Gasteiger partial charge is 0.127 e. The van der Waals surface area contributed by atoms with Crippen molar-refractivity contribution in [2.24, 2.45) is 0 Å². The first-order valence-corrected chi connectivity index (χ1v) is 9.01. The van der Waals surface area contributed by atoms with Gasteiger partial charge in [0.25, 0.3) is 0 Å². The minimum atomic E-state index is 0.599. The summed E-state index contributed by atoms with van der Waals surface area (Å²) in [5.41, 5.74) is 8.51. The molecule has 1 atom stereocenters. The average Bonchev–Trinajstić information content (AvgIpc) is 3.11. The SMILES string of the molecule is Nc1ncccc1CN1CCCC(c2nc3c(s2)CCC3)C1. The monoisotopic (exact) mass is 314 g/mol. The summed E-state index contributed by atoms with van der Waals surface area (Å²) in [5.74, 6) is 1.26. The molecule has 0 spiro atoms. The summed E-state index contributed by atoms with van der Waals surface area (Å²) in [6.45, 7) is 3.15. The van der Waals surface area contributed by atoms with Crippen LogP contribution >= 0.6 is 11.3 Å². The van der Waals surface area contributed by atoms with Crippen LogP contribution in [-0.2, 0) is 19.4 Å². The van der Waals surface area contributed by atoms with Crippen LogP contribution in [0.15, 0.2) is 18.3 Å². The molecule has 0 aromatic carbocycles. The van der Waals surface area contributed by atoms with E-state index in [-0.39, 0.29) is 0 Å². The summed E-state index contributed by atoms with van der Waals surface area (Å²) >= 11 is 1.97. The zero-order valence-electron chi connectivity index (χ0n) is 12.8. The number of nitrogen functional groups attached to an aromatic ring is 1. The van der Waals surface area contributed by atoms with Gasteiger partial charge in [-0.15, -0.1) is 11.3 Å². The van der Waals surface area contributed by atoms with Gasteiger partial charge in [-0.1, -0.05) is 6.07 Å². The van der Waals surface area contributed by atoms with Gasteiger partial charge in [-0.25, -0.2) is 9.97 Å². The van der Waals surface area contributed by atoms with Crippen molar-refractivity contribution >= 4 is 17.2 Å². The fourth-order valence-corrected chi connectivity index (χ4v) is 4.89. The van der Waals surface area contributed by atoms with Gasteiger partial charge in [0, 0.05) is 35.6 Å². The van der Waals surface area contributed by atoms with Gasteiger partial charge in [0.2, 0.25) is 0 Å². The summed E-state index contributed by atoms with van der Waals surface area (Å²) in [6, 6.07) is 4.06. The second-order valence-corrected chi connectivity index (χ2v) is 7.51. The van der Waals surface area contributed by atoms with Gasteiger partial charge in [0.05, 0.1) is 10.7 Å². The normalized spacial score (nSPS) is 21.9. The number of anilines is 1. The van der Waals surface area contributed by atoms with Gasteiger partial charge in [-0.05, 0) is 44.7 Å². The highest BCUT2D eigenvalue weighted by Gasteiger charge is 2.26. The quantitative estimate of drug-likeness (QED) is 0.946. The number of fused-ring (bicyclic) bond motifs is 1. The van der Waals surface area contributed by atoms with Crippen molar-refractivity contribution in [2.75, 3.05) is 18.8 Å². The van der Waals surface area contributed by atoms with E-state index < -0.39 is 0 Å². The Bertz CT molecular complexity index is 645. The number of rotatable bonds is 3. The second kappa shape index (κ2) is 5.97. The van der Waals surface area contributed by atoms with E-state index >= 15 is 0 Å². The lowest BCUT2D eigenvalue weighted by Crippen LogP contribution is -2.34. The average molecular weight is 314 g/mol. The number of thiazole rings is 1. The third-order valence-electron chi connectivity index (χ3n) is 4.79. The Labute approximate surface area is 135 Å². The Kier molecular flexibility index (Phi) is 3.84. The van der Waals surface area contributed by atoms with Crippen LogP contribution in [0.3, 0.4) is 0 Å².